The van der Waals surface area contributed by atoms with Crippen molar-refractivity contribution in [2.24, 2.45) is 0 Å². The van der Waals surface area contributed by atoms with Crippen LogP contribution >= 0.6 is 11.6 Å². The van der Waals surface area contributed by atoms with Gasteiger partial charge < -0.3 is 19.7 Å². The van der Waals surface area contributed by atoms with E-state index < -0.39 is 0 Å². The number of alkyl halides is 1. The summed E-state index contributed by atoms with van der Waals surface area (Å²) < 4.78 is 10.6. The second-order valence-electron chi connectivity index (χ2n) is 4.31. The Morgan fingerprint density at radius 1 is 1.50 bits per heavy atom. The lowest BCUT2D eigenvalue weighted by Crippen LogP contribution is -2.40. The van der Waals surface area contributed by atoms with Crippen molar-refractivity contribution in [2.45, 2.75) is 12.5 Å². The third kappa shape index (κ3) is 3.86. The standard InChI is InChI=1S/C12H17ClN4O3/c1-19-10-2-3-11(16-15-10)20-9-4-7-17(8-9)12(18)14-6-5-13/h2-3,9H,4-8H2,1H3,(H,14,18). The minimum Gasteiger partial charge on any atom is -0.480 e. The van der Waals surface area contributed by atoms with Crippen LogP contribution in [0.3, 0.4) is 0 Å². The van der Waals surface area contributed by atoms with Crippen LogP contribution in [0.25, 0.3) is 0 Å². The van der Waals surface area contributed by atoms with Crippen molar-refractivity contribution in [1.29, 1.82) is 0 Å². The molecule has 110 valence electrons. The third-order valence-corrected chi connectivity index (χ3v) is 3.10. The maximum atomic E-state index is 11.7. The van der Waals surface area contributed by atoms with Crippen LogP contribution in [-0.2, 0) is 0 Å². The molecule has 0 radical (unpaired) electrons. The van der Waals surface area contributed by atoms with Gasteiger partial charge in [0.25, 0.3) is 0 Å². The number of urea groups is 1. The third-order valence-electron chi connectivity index (χ3n) is 2.92. The smallest absolute Gasteiger partial charge is 0.317 e. The van der Waals surface area contributed by atoms with Crippen LogP contribution in [0.2, 0.25) is 0 Å². The molecule has 0 bridgehead atoms. The molecule has 0 saturated carbocycles. The monoisotopic (exact) mass is 300 g/mol. The summed E-state index contributed by atoms with van der Waals surface area (Å²) in [6.45, 7) is 1.65. The Balaban J connectivity index is 1.81. The van der Waals surface area contributed by atoms with Gasteiger partial charge in [0, 0.05) is 37.5 Å². The molecule has 1 saturated heterocycles. The molecule has 2 amide bonds. The number of nitrogens with one attached hydrogen (secondary N) is 1. The van der Waals surface area contributed by atoms with E-state index in [2.05, 4.69) is 15.5 Å². The summed E-state index contributed by atoms with van der Waals surface area (Å²) in [4.78, 5) is 13.4. The van der Waals surface area contributed by atoms with Gasteiger partial charge in [-0.3, -0.25) is 0 Å². The largest absolute Gasteiger partial charge is 0.480 e. The second kappa shape index (κ2) is 7.14. The van der Waals surface area contributed by atoms with Gasteiger partial charge >= 0.3 is 6.03 Å². The van der Waals surface area contributed by atoms with Gasteiger partial charge in [-0.1, -0.05) is 0 Å². The fourth-order valence-electron chi connectivity index (χ4n) is 1.93. The zero-order valence-corrected chi connectivity index (χ0v) is 12.0. The molecule has 0 aliphatic carbocycles. The van der Waals surface area contributed by atoms with Crippen LogP contribution in [0, 0.1) is 0 Å². The number of aromatic nitrogens is 2. The molecule has 1 N–H and O–H groups in total. The van der Waals surface area contributed by atoms with E-state index in [0.717, 1.165) is 6.42 Å². The molecule has 1 aromatic heterocycles. The lowest BCUT2D eigenvalue weighted by Gasteiger charge is -2.17. The molecule has 0 aromatic carbocycles. The number of amides is 2. The minimum atomic E-state index is -0.113. The molecular weight excluding hydrogens is 284 g/mol. The highest BCUT2D eigenvalue weighted by atomic mass is 35.5. The number of carbonyl (C=O) groups excluding carboxylic acids is 1. The van der Waals surface area contributed by atoms with Gasteiger partial charge in [0.2, 0.25) is 11.8 Å². The van der Waals surface area contributed by atoms with Crippen molar-refractivity contribution in [2.75, 3.05) is 32.6 Å². The van der Waals surface area contributed by atoms with Crippen molar-refractivity contribution < 1.29 is 14.3 Å². The molecule has 20 heavy (non-hydrogen) atoms. The van der Waals surface area contributed by atoms with Crippen LogP contribution < -0.4 is 14.8 Å². The lowest BCUT2D eigenvalue weighted by atomic mass is 10.3. The van der Waals surface area contributed by atoms with Crippen LogP contribution in [0.5, 0.6) is 11.8 Å². The normalized spacial score (nSPS) is 17.9. The molecule has 1 aromatic rings. The summed E-state index contributed by atoms with van der Waals surface area (Å²) in [5, 5.41) is 10.5. The average Bonchev–Trinajstić information content (AvgIpc) is 2.94. The van der Waals surface area contributed by atoms with Gasteiger partial charge in [-0.15, -0.1) is 21.8 Å². The number of ether oxygens (including phenoxy) is 2. The Kier molecular flexibility index (Phi) is 5.23. The van der Waals surface area contributed by atoms with Gasteiger partial charge in [-0.25, -0.2) is 4.79 Å². The number of likely N-dealkylation sites (tertiary alicyclic amines) is 1. The van der Waals surface area contributed by atoms with Crippen molar-refractivity contribution in [1.82, 2.24) is 20.4 Å². The quantitative estimate of drug-likeness (QED) is 0.817. The fourth-order valence-corrected chi connectivity index (χ4v) is 2.02. The highest BCUT2D eigenvalue weighted by molar-refractivity contribution is 6.18. The van der Waals surface area contributed by atoms with Crippen LogP contribution in [0.15, 0.2) is 12.1 Å². The van der Waals surface area contributed by atoms with Crippen molar-refractivity contribution in [3.63, 3.8) is 0 Å². The number of hydrogen-bond acceptors (Lipinski definition) is 5. The average molecular weight is 301 g/mol. The zero-order chi connectivity index (χ0) is 14.4. The first kappa shape index (κ1) is 14.6. The van der Waals surface area contributed by atoms with Gasteiger partial charge in [0.1, 0.15) is 6.10 Å². The number of hydrogen-bond donors (Lipinski definition) is 1. The van der Waals surface area contributed by atoms with Gasteiger partial charge in [-0.05, 0) is 0 Å². The topological polar surface area (TPSA) is 76.6 Å². The Morgan fingerprint density at radius 3 is 2.90 bits per heavy atom. The Hall–Kier alpha value is -1.76. The molecule has 8 heteroatoms. The van der Waals surface area contributed by atoms with Crippen LogP contribution in [-0.4, -0.2) is 59.9 Å². The molecule has 1 aliphatic heterocycles. The maximum Gasteiger partial charge on any atom is 0.317 e. The maximum absolute atomic E-state index is 11.7. The fraction of sp³-hybridized carbons (Fsp3) is 0.583. The first-order valence-corrected chi connectivity index (χ1v) is 6.89. The van der Waals surface area contributed by atoms with E-state index in [1.165, 1.54) is 7.11 Å². The molecule has 1 fully saturated rings. The Labute approximate surface area is 122 Å². The summed E-state index contributed by atoms with van der Waals surface area (Å²) >= 11 is 5.53. The SMILES string of the molecule is COc1ccc(OC2CCN(C(=O)NCCCl)C2)nn1. The van der Waals surface area contributed by atoms with E-state index in [0.29, 0.717) is 37.3 Å². The molecule has 1 aliphatic rings. The number of rotatable bonds is 5. The predicted octanol–water partition coefficient (Wildman–Crippen LogP) is 0.887. The van der Waals surface area contributed by atoms with Crippen LogP contribution in [0.4, 0.5) is 4.79 Å². The molecule has 2 rings (SSSR count). The predicted molar refractivity (Wildman–Crippen MR) is 73.3 cm³/mol. The van der Waals surface area contributed by atoms with Gasteiger partial charge in [0.15, 0.2) is 0 Å². The second-order valence-corrected chi connectivity index (χ2v) is 4.69. The number of halogens is 1. The van der Waals surface area contributed by atoms with Crippen LogP contribution in [0.1, 0.15) is 6.42 Å². The van der Waals surface area contributed by atoms with E-state index in [9.17, 15) is 4.79 Å². The molecule has 2 heterocycles. The number of methoxy groups -OCH3 is 1. The van der Waals surface area contributed by atoms with Crippen molar-refractivity contribution in [3.8, 4) is 11.8 Å². The summed E-state index contributed by atoms with van der Waals surface area (Å²) in [7, 11) is 1.53. The molecule has 0 spiro atoms. The Bertz CT molecular complexity index is 443. The summed E-state index contributed by atoms with van der Waals surface area (Å²) in [5.74, 6) is 1.27. The molecule has 7 nitrogen and oxygen atoms in total. The van der Waals surface area contributed by atoms with Gasteiger partial charge in [0.05, 0.1) is 13.7 Å². The molecule has 1 unspecified atom stereocenters. The summed E-state index contributed by atoms with van der Waals surface area (Å²) in [6, 6.07) is 3.27. The summed E-state index contributed by atoms with van der Waals surface area (Å²) in [5.41, 5.74) is 0. The van der Waals surface area contributed by atoms with Gasteiger partial charge in [-0.2, -0.15) is 0 Å². The number of nitrogens with zero attached hydrogens (tertiary/aromatic N) is 3. The first-order valence-electron chi connectivity index (χ1n) is 6.36. The van der Waals surface area contributed by atoms with E-state index in [4.69, 9.17) is 21.1 Å². The van der Waals surface area contributed by atoms with Crippen molar-refractivity contribution >= 4 is 17.6 Å². The van der Waals surface area contributed by atoms with E-state index in [1.54, 1.807) is 17.0 Å². The zero-order valence-electron chi connectivity index (χ0n) is 11.2. The molecule has 1 atom stereocenters. The highest BCUT2D eigenvalue weighted by Gasteiger charge is 2.27. The van der Waals surface area contributed by atoms with E-state index in [-0.39, 0.29) is 12.1 Å². The van der Waals surface area contributed by atoms with Crippen molar-refractivity contribution in [3.05, 3.63) is 12.1 Å². The first-order chi connectivity index (χ1) is 9.72. The summed E-state index contributed by atoms with van der Waals surface area (Å²) in [6.07, 6.45) is 0.696. The lowest BCUT2D eigenvalue weighted by molar-refractivity contribution is 0.182. The van der Waals surface area contributed by atoms with E-state index >= 15 is 0 Å². The molecular formula is C12H17ClN4O3. The Morgan fingerprint density at radius 2 is 2.25 bits per heavy atom. The number of carbonyl (C=O) groups is 1. The van der Waals surface area contributed by atoms with E-state index in [1.807, 2.05) is 0 Å². The minimum absolute atomic E-state index is 0.0700. The highest BCUT2D eigenvalue weighted by Crippen LogP contribution is 2.17.